The van der Waals surface area contributed by atoms with Gasteiger partial charge in [0.25, 0.3) is 0 Å². The van der Waals surface area contributed by atoms with Gasteiger partial charge in [-0.05, 0) is 24.6 Å². The molecule has 1 aromatic carbocycles. The van der Waals surface area contributed by atoms with Crippen molar-refractivity contribution >= 4 is 15.1 Å². The number of hydrogen-bond acceptors (Lipinski definition) is 3. The summed E-state index contributed by atoms with van der Waals surface area (Å²) < 4.78 is 2.34. The second-order valence-electron chi connectivity index (χ2n) is 5.78. The first-order chi connectivity index (χ1) is 8.39. The maximum absolute atomic E-state index is 5.36. The van der Waals surface area contributed by atoms with E-state index in [9.17, 15) is 0 Å². The van der Waals surface area contributed by atoms with E-state index in [1.54, 1.807) is 0 Å². The fourth-order valence-corrected chi connectivity index (χ4v) is 2.85. The van der Waals surface area contributed by atoms with Gasteiger partial charge in [-0.3, -0.25) is 4.67 Å². The highest BCUT2D eigenvalue weighted by molar-refractivity contribution is 7.13. The van der Waals surface area contributed by atoms with Crippen molar-refractivity contribution in [3.63, 3.8) is 0 Å². The molecular weight excluding hydrogens is 241 g/mol. The molecule has 2 N–H and O–H groups in total. The molecule has 0 radical (unpaired) electrons. The summed E-state index contributed by atoms with van der Waals surface area (Å²) in [5.41, 5.74) is 6.62. The second-order valence-corrected chi connectivity index (χ2v) is 6.51. The quantitative estimate of drug-likeness (QED) is 0.578. The molecule has 18 heavy (non-hydrogen) atoms. The van der Waals surface area contributed by atoms with Crippen molar-refractivity contribution in [3.05, 3.63) is 30.3 Å². The van der Waals surface area contributed by atoms with Gasteiger partial charge >= 0.3 is 0 Å². The first-order valence-corrected chi connectivity index (χ1v) is 6.89. The lowest BCUT2D eigenvalue weighted by molar-refractivity contribution is 0.234. The van der Waals surface area contributed by atoms with Gasteiger partial charge in [-0.25, -0.2) is 0 Å². The Hall–Kier alpha value is -0.630. The Morgan fingerprint density at radius 2 is 1.72 bits per heavy atom. The van der Waals surface area contributed by atoms with Gasteiger partial charge < -0.3 is 10.6 Å². The van der Waals surface area contributed by atoms with E-state index in [0.717, 1.165) is 5.69 Å². The van der Waals surface area contributed by atoms with Crippen molar-refractivity contribution < 1.29 is 0 Å². The SMILES string of the molecule is CN1CCN(P)CC(C)(C)C1.Nc1ccccc1. The molecule has 0 bridgehead atoms. The molecule has 2 rings (SSSR count). The summed E-state index contributed by atoms with van der Waals surface area (Å²) in [6.07, 6.45) is 0. The molecule has 1 unspecified atom stereocenters. The van der Waals surface area contributed by atoms with Gasteiger partial charge in [0.05, 0.1) is 0 Å². The molecule has 0 aliphatic carbocycles. The number of nitrogens with two attached hydrogens (primary N) is 1. The number of benzene rings is 1. The van der Waals surface area contributed by atoms with E-state index < -0.39 is 0 Å². The van der Waals surface area contributed by atoms with Gasteiger partial charge in [-0.15, -0.1) is 0 Å². The molecule has 1 aromatic rings. The summed E-state index contributed by atoms with van der Waals surface area (Å²) in [5.74, 6) is 0. The predicted molar refractivity (Wildman–Crippen MR) is 83.4 cm³/mol. The minimum Gasteiger partial charge on any atom is -0.399 e. The summed E-state index contributed by atoms with van der Waals surface area (Å²) in [6, 6.07) is 9.49. The minimum atomic E-state index is 0.438. The highest BCUT2D eigenvalue weighted by Gasteiger charge is 2.25. The van der Waals surface area contributed by atoms with Crippen LogP contribution in [0.5, 0.6) is 0 Å². The number of anilines is 1. The van der Waals surface area contributed by atoms with Gasteiger partial charge in [0.1, 0.15) is 0 Å². The number of nitrogens with zero attached hydrogens (tertiary/aromatic N) is 2. The van der Waals surface area contributed by atoms with Gasteiger partial charge in [0.2, 0.25) is 0 Å². The first kappa shape index (κ1) is 15.4. The number of para-hydroxylation sites is 1. The molecule has 1 saturated heterocycles. The van der Waals surface area contributed by atoms with Gasteiger partial charge in [-0.1, -0.05) is 41.4 Å². The Balaban J connectivity index is 0.000000199. The van der Waals surface area contributed by atoms with Crippen LogP contribution in [-0.4, -0.2) is 42.8 Å². The normalized spacial score (nSPS) is 20.7. The van der Waals surface area contributed by atoms with E-state index in [-0.39, 0.29) is 0 Å². The van der Waals surface area contributed by atoms with Crippen LogP contribution in [0.3, 0.4) is 0 Å². The van der Waals surface area contributed by atoms with E-state index in [0.29, 0.717) is 5.41 Å². The van der Waals surface area contributed by atoms with Crippen molar-refractivity contribution in [2.45, 2.75) is 13.8 Å². The Kier molecular flexibility index (Phi) is 6.07. The van der Waals surface area contributed by atoms with Crippen LogP contribution in [0.25, 0.3) is 0 Å². The Morgan fingerprint density at radius 1 is 1.11 bits per heavy atom. The lowest BCUT2D eigenvalue weighted by Gasteiger charge is -2.27. The van der Waals surface area contributed by atoms with Crippen LogP contribution in [0, 0.1) is 5.41 Å². The van der Waals surface area contributed by atoms with Crippen LogP contribution in [0.1, 0.15) is 13.8 Å². The molecule has 102 valence electrons. The topological polar surface area (TPSA) is 32.5 Å². The largest absolute Gasteiger partial charge is 0.399 e. The standard InChI is InChI=1S/C8H19N2P.C6H7N/c1-8(2)6-9(3)4-5-10(11)7-8;7-6-4-2-1-3-5-6/h4-7,11H2,1-3H3;1-5H,7H2. The lowest BCUT2D eigenvalue weighted by Crippen LogP contribution is -2.32. The third-order valence-corrected chi connectivity index (χ3v) is 3.34. The first-order valence-electron chi connectivity index (χ1n) is 6.38. The van der Waals surface area contributed by atoms with E-state index in [1.807, 2.05) is 30.3 Å². The summed E-state index contributed by atoms with van der Waals surface area (Å²) in [4.78, 5) is 2.41. The van der Waals surface area contributed by atoms with E-state index in [2.05, 4.69) is 39.9 Å². The van der Waals surface area contributed by atoms with Crippen molar-refractivity contribution in [2.75, 3.05) is 39.0 Å². The zero-order valence-electron chi connectivity index (χ0n) is 11.8. The molecule has 1 atom stereocenters. The molecule has 1 fully saturated rings. The van der Waals surface area contributed by atoms with Crippen LogP contribution < -0.4 is 5.73 Å². The lowest BCUT2D eigenvalue weighted by atomic mass is 9.93. The van der Waals surface area contributed by atoms with Crippen LogP contribution in [0.15, 0.2) is 30.3 Å². The van der Waals surface area contributed by atoms with Gasteiger partial charge in [0, 0.05) is 31.9 Å². The third kappa shape index (κ3) is 6.34. The zero-order valence-corrected chi connectivity index (χ0v) is 12.9. The van der Waals surface area contributed by atoms with Crippen molar-refractivity contribution in [1.29, 1.82) is 0 Å². The maximum Gasteiger partial charge on any atom is 0.0313 e. The predicted octanol–water partition coefficient (Wildman–Crippen LogP) is 2.32. The Labute approximate surface area is 114 Å². The summed E-state index contributed by atoms with van der Waals surface area (Å²) in [6.45, 7) is 9.40. The molecule has 0 spiro atoms. The van der Waals surface area contributed by atoms with Crippen molar-refractivity contribution in [1.82, 2.24) is 9.57 Å². The van der Waals surface area contributed by atoms with E-state index in [1.165, 1.54) is 26.2 Å². The van der Waals surface area contributed by atoms with Crippen molar-refractivity contribution in [2.24, 2.45) is 5.41 Å². The summed E-state index contributed by atoms with van der Waals surface area (Å²) >= 11 is 0. The molecule has 0 aromatic heterocycles. The average Bonchev–Trinajstić information content (AvgIpc) is 2.38. The maximum atomic E-state index is 5.36. The molecule has 1 aliphatic rings. The van der Waals surface area contributed by atoms with Crippen LogP contribution >= 0.6 is 9.39 Å². The number of likely N-dealkylation sites (N-methyl/N-ethyl adjacent to an activating group) is 1. The van der Waals surface area contributed by atoms with Crippen LogP contribution in [-0.2, 0) is 0 Å². The molecular formula is C14H26N3P. The third-order valence-electron chi connectivity index (χ3n) is 2.90. The van der Waals surface area contributed by atoms with E-state index >= 15 is 0 Å². The summed E-state index contributed by atoms with van der Waals surface area (Å²) in [5, 5.41) is 0. The smallest absolute Gasteiger partial charge is 0.0313 e. The number of hydrogen-bond donors (Lipinski definition) is 1. The van der Waals surface area contributed by atoms with Crippen LogP contribution in [0.4, 0.5) is 5.69 Å². The molecule has 4 heteroatoms. The van der Waals surface area contributed by atoms with E-state index in [4.69, 9.17) is 5.73 Å². The van der Waals surface area contributed by atoms with Crippen LogP contribution in [0.2, 0.25) is 0 Å². The van der Waals surface area contributed by atoms with Crippen molar-refractivity contribution in [3.8, 4) is 0 Å². The average molecular weight is 267 g/mol. The molecule has 1 aliphatic heterocycles. The fourth-order valence-electron chi connectivity index (χ4n) is 2.24. The zero-order chi connectivity index (χ0) is 13.6. The van der Waals surface area contributed by atoms with Gasteiger partial charge in [-0.2, -0.15) is 0 Å². The molecule has 0 amide bonds. The number of nitrogen functional groups attached to an aromatic ring is 1. The Morgan fingerprint density at radius 3 is 2.22 bits per heavy atom. The highest BCUT2D eigenvalue weighted by Crippen LogP contribution is 2.22. The molecule has 1 heterocycles. The monoisotopic (exact) mass is 267 g/mol. The van der Waals surface area contributed by atoms with Gasteiger partial charge in [0.15, 0.2) is 0 Å². The molecule has 3 nitrogen and oxygen atoms in total. The second kappa shape index (κ2) is 7.08. The summed E-state index contributed by atoms with van der Waals surface area (Å²) in [7, 11) is 5.00. The fraction of sp³-hybridized carbons (Fsp3) is 0.571. The molecule has 0 saturated carbocycles. The Bertz CT molecular complexity index is 326. The number of rotatable bonds is 0. The minimum absolute atomic E-state index is 0.438. The highest BCUT2D eigenvalue weighted by atomic mass is 31.0.